The zero-order valence-electron chi connectivity index (χ0n) is 9.64. The molecular formula is C10H19NO4S. The number of rotatable bonds is 7. The van der Waals surface area contributed by atoms with Gasteiger partial charge in [-0.1, -0.05) is 19.8 Å². The second-order valence-corrected chi connectivity index (χ2v) is 6.46. The van der Waals surface area contributed by atoms with Crippen molar-refractivity contribution in [2.24, 2.45) is 5.92 Å². The van der Waals surface area contributed by atoms with Gasteiger partial charge in [0, 0.05) is 6.04 Å². The number of carboxylic acids is 1. The topological polar surface area (TPSA) is 83.5 Å². The Kier molecular flexibility index (Phi) is 4.32. The number of nitrogens with one attached hydrogen (secondary N) is 1. The van der Waals surface area contributed by atoms with Crippen molar-refractivity contribution in [3.63, 3.8) is 0 Å². The number of carbonyl (C=O) groups is 1. The third-order valence-electron chi connectivity index (χ3n) is 2.95. The summed E-state index contributed by atoms with van der Waals surface area (Å²) in [6.07, 6.45) is 3.84. The fraction of sp³-hybridized carbons (Fsp3) is 0.900. The summed E-state index contributed by atoms with van der Waals surface area (Å²) < 4.78 is 25.8. The van der Waals surface area contributed by atoms with Crippen LogP contribution in [0, 0.1) is 5.92 Å². The van der Waals surface area contributed by atoms with Crippen LogP contribution in [0.5, 0.6) is 0 Å². The summed E-state index contributed by atoms with van der Waals surface area (Å²) in [5, 5.41) is 7.29. The molecule has 0 aromatic rings. The van der Waals surface area contributed by atoms with E-state index < -0.39 is 21.2 Å². The van der Waals surface area contributed by atoms with Gasteiger partial charge < -0.3 is 5.11 Å². The van der Waals surface area contributed by atoms with Gasteiger partial charge in [-0.25, -0.2) is 13.1 Å². The smallest absolute Gasteiger partial charge is 0.323 e. The first-order chi connectivity index (χ1) is 7.36. The maximum Gasteiger partial charge on any atom is 0.323 e. The van der Waals surface area contributed by atoms with Crippen molar-refractivity contribution >= 4 is 16.0 Å². The van der Waals surface area contributed by atoms with Gasteiger partial charge in [-0.2, -0.15) is 0 Å². The molecule has 0 radical (unpaired) electrons. The molecule has 0 heterocycles. The van der Waals surface area contributed by atoms with E-state index in [9.17, 15) is 13.2 Å². The van der Waals surface area contributed by atoms with Crippen LogP contribution in [0.15, 0.2) is 0 Å². The largest absolute Gasteiger partial charge is 0.480 e. The van der Waals surface area contributed by atoms with Crippen LogP contribution in [0.2, 0.25) is 0 Å². The maximum atomic E-state index is 11.7. The van der Waals surface area contributed by atoms with Crippen LogP contribution in [0.3, 0.4) is 0 Å². The minimum atomic E-state index is -3.74. The second-order valence-electron chi connectivity index (χ2n) is 4.43. The molecule has 16 heavy (non-hydrogen) atoms. The Hall–Kier alpha value is -0.620. The molecule has 0 aliphatic heterocycles. The van der Waals surface area contributed by atoms with Gasteiger partial charge in [-0.05, 0) is 25.7 Å². The zero-order valence-corrected chi connectivity index (χ0v) is 10.5. The van der Waals surface area contributed by atoms with Crippen molar-refractivity contribution in [1.29, 1.82) is 0 Å². The lowest BCUT2D eigenvalue weighted by Crippen LogP contribution is -2.43. The van der Waals surface area contributed by atoms with Crippen LogP contribution < -0.4 is 4.72 Å². The van der Waals surface area contributed by atoms with Crippen molar-refractivity contribution in [3.8, 4) is 0 Å². The summed E-state index contributed by atoms with van der Waals surface area (Å²) in [4.78, 5) is 10.6. The highest BCUT2D eigenvalue weighted by molar-refractivity contribution is 7.90. The maximum absolute atomic E-state index is 11.7. The molecule has 2 N–H and O–H groups in total. The summed E-state index contributed by atoms with van der Waals surface area (Å²) in [5.74, 6) is -0.693. The van der Waals surface area contributed by atoms with E-state index in [4.69, 9.17) is 5.11 Å². The molecule has 0 aromatic heterocycles. The van der Waals surface area contributed by atoms with Crippen molar-refractivity contribution < 1.29 is 18.3 Å². The summed E-state index contributed by atoms with van der Waals surface area (Å²) in [6, 6.07) is -0.126. The molecule has 0 spiro atoms. The monoisotopic (exact) mass is 249 g/mol. The van der Waals surface area contributed by atoms with Gasteiger partial charge >= 0.3 is 5.97 Å². The molecule has 1 aliphatic rings. The summed E-state index contributed by atoms with van der Waals surface area (Å²) in [7, 11) is -3.74. The van der Waals surface area contributed by atoms with Crippen LogP contribution in [0.4, 0.5) is 0 Å². The molecule has 5 nitrogen and oxygen atoms in total. The lowest BCUT2D eigenvalue weighted by molar-refractivity contribution is -0.136. The van der Waals surface area contributed by atoms with Crippen molar-refractivity contribution in [1.82, 2.24) is 4.72 Å². The van der Waals surface area contributed by atoms with E-state index in [0.717, 1.165) is 19.3 Å². The highest BCUT2D eigenvalue weighted by Gasteiger charge is 2.32. The minimum Gasteiger partial charge on any atom is -0.480 e. The lowest BCUT2D eigenvalue weighted by Gasteiger charge is -2.18. The molecule has 0 bridgehead atoms. The van der Waals surface area contributed by atoms with Crippen molar-refractivity contribution in [2.75, 3.05) is 0 Å². The van der Waals surface area contributed by atoms with E-state index in [2.05, 4.69) is 4.72 Å². The highest BCUT2D eigenvalue weighted by Crippen LogP contribution is 2.34. The highest BCUT2D eigenvalue weighted by atomic mass is 32.2. The first-order valence-corrected chi connectivity index (χ1v) is 7.15. The summed E-state index contributed by atoms with van der Waals surface area (Å²) >= 11 is 0. The second kappa shape index (κ2) is 5.14. The minimum absolute atomic E-state index is 0.126. The van der Waals surface area contributed by atoms with E-state index in [-0.39, 0.29) is 6.04 Å². The molecule has 2 unspecified atom stereocenters. The number of hydrogen-bond acceptors (Lipinski definition) is 3. The van der Waals surface area contributed by atoms with Gasteiger partial charge in [0.15, 0.2) is 5.25 Å². The first-order valence-electron chi connectivity index (χ1n) is 5.60. The molecule has 6 heteroatoms. The third kappa shape index (κ3) is 3.75. The number of aliphatic carboxylic acids is 1. The molecule has 2 atom stereocenters. The van der Waals surface area contributed by atoms with E-state index in [1.165, 1.54) is 6.92 Å². The van der Waals surface area contributed by atoms with Gasteiger partial charge in [-0.3, -0.25) is 4.79 Å². The number of carboxylic acid groups (broad SMARTS) is 1. The average Bonchev–Trinajstić information content (AvgIpc) is 2.98. The number of hydrogen-bond donors (Lipinski definition) is 2. The Morgan fingerprint density at radius 3 is 2.44 bits per heavy atom. The van der Waals surface area contributed by atoms with Gasteiger partial charge in [0.2, 0.25) is 10.0 Å². The molecule has 0 aromatic carbocycles. The molecule has 1 saturated carbocycles. The fourth-order valence-corrected chi connectivity index (χ4v) is 2.72. The van der Waals surface area contributed by atoms with Gasteiger partial charge in [-0.15, -0.1) is 0 Å². The predicted octanol–water partition coefficient (Wildman–Crippen LogP) is 0.958. The lowest BCUT2D eigenvalue weighted by atomic mass is 10.1. The van der Waals surface area contributed by atoms with Crippen LogP contribution in [-0.4, -0.2) is 30.8 Å². The van der Waals surface area contributed by atoms with Crippen LogP contribution >= 0.6 is 0 Å². The molecule has 1 aliphatic carbocycles. The van der Waals surface area contributed by atoms with Crippen LogP contribution in [0.1, 0.15) is 39.5 Å². The summed E-state index contributed by atoms with van der Waals surface area (Å²) in [5.41, 5.74) is 0. The normalized spacial score (nSPS) is 20.4. The third-order valence-corrected chi connectivity index (χ3v) is 4.75. The van der Waals surface area contributed by atoms with Gasteiger partial charge in [0.05, 0.1) is 0 Å². The quantitative estimate of drug-likeness (QED) is 0.704. The Bertz CT molecular complexity index is 348. The van der Waals surface area contributed by atoms with E-state index in [1.807, 2.05) is 6.92 Å². The Morgan fingerprint density at radius 1 is 1.50 bits per heavy atom. The molecule has 0 amide bonds. The Labute approximate surface area is 96.3 Å². The molecule has 0 saturated heterocycles. The first kappa shape index (κ1) is 13.4. The number of sulfonamides is 1. The predicted molar refractivity (Wildman–Crippen MR) is 60.6 cm³/mol. The molecular weight excluding hydrogens is 230 g/mol. The summed E-state index contributed by atoms with van der Waals surface area (Å²) in [6.45, 7) is 3.09. The van der Waals surface area contributed by atoms with Crippen LogP contribution in [0.25, 0.3) is 0 Å². The Balaban J connectivity index is 2.57. The molecule has 1 rings (SSSR count). The SMILES string of the molecule is CCC(CC1CC1)NS(=O)(=O)C(C)C(=O)O. The average molecular weight is 249 g/mol. The molecule has 94 valence electrons. The zero-order chi connectivity index (χ0) is 12.3. The van der Waals surface area contributed by atoms with Crippen molar-refractivity contribution in [3.05, 3.63) is 0 Å². The molecule has 1 fully saturated rings. The van der Waals surface area contributed by atoms with E-state index >= 15 is 0 Å². The fourth-order valence-electron chi connectivity index (χ4n) is 1.52. The Morgan fingerprint density at radius 2 is 2.06 bits per heavy atom. The van der Waals surface area contributed by atoms with Gasteiger partial charge in [0.1, 0.15) is 0 Å². The van der Waals surface area contributed by atoms with E-state index in [0.29, 0.717) is 12.3 Å². The van der Waals surface area contributed by atoms with Crippen molar-refractivity contribution in [2.45, 2.75) is 50.8 Å². The van der Waals surface area contributed by atoms with Crippen LogP contribution in [-0.2, 0) is 14.8 Å². The van der Waals surface area contributed by atoms with Gasteiger partial charge in [0.25, 0.3) is 0 Å². The van der Waals surface area contributed by atoms with E-state index in [1.54, 1.807) is 0 Å². The standard InChI is InChI=1S/C10H19NO4S/c1-3-9(6-8-4-5-8)11-16(14,15)7(2)10(12)13/h7-9,11H,3-6H2,1-2H3,(H,12,13).